The lowest BCUT2D eigenvalue weighted by Gasteiger charge is -2.29. The molecule has 1 saturated carbocycles. The lowest BCUT2D eigenvalue weighted by molar-refractivity contribution is -0.125. The van der Waals surface area contributed by atoms with Crippen molar-refractivity contribution >= 4 is 22.8 Å². The zero-order chi connectivity index (χ0) is 16.2. The molecule has 1 aliphatic carbocycles. The molecule has 3 rings (SSSR count). The van der Waals surface area contributed by atoms with Crippen LogP contribution < -0.4 is 5.32 Å². The summed E-state index contributed by atoms with van der Waals surface area (Å²) in [5.74, 6) is -0.252. The summed E-state index contributed by atoms with van der Waals surface area (Å²) in [5, 5.41) is 3.92. The molecular weight excluding hydrogens is 292 g/mol. The Kier molecular flexibility index (Phi) is 4.65. The number of nitrogens with one attached hydrogen (secondary N) is 2. The number of rotatable bonds is 4. The smallest absolute Gasteiger partial charge is 0.355 e. The second kappa shape index (κ2) is 6.86. The molecule has 0 saturated heterocycles. The largest absolute Gasteiger partial charge is 0.451 e. The second-order valence-corrected chi connectivity index (χ2v) is 6.28. The van der Waals surface area contributed by atoms with E-state index < -0.39 is 5.97 Å². The molecule has 0 spiro atoms. The first kappa shape index (κ1) is 15.6. The van der Waals surface area contributed by atoms with Crippen LogP contribution in [0, 0.1) is 5.92 Å². The van der Waals surface area contributed by atoms with Gasteiger partial charge in [0.05, 0.1) is 0 Å². The van der Waals surface area contributed by atoms with E-state index in [2.05, 4.69) is 17.2 Å². The average molecular weight is 314 g/mol. The van der Waals surface area contributed by atoms with E-state index in [1.807, 2.05) is 24.3 Å². The van der Waals surface area contributed by atoms with Gasteiger partial charge in [0, 0.05) is 16.9 Å². The number of hydrogen-bond donors (Lipinski definition) is 2. The summed E-state index contributed by atoms with van der Waals surface area (Å²) in [6, 6.07) is 9.54. The van der Waals surface area contributed by atoms with Gasteiger partial charge in [-0.05, 0) is 30.9 Å². The van der Waals surface area contributed by atoms with Gasteiger partial charge in [-0.1, -0.05) is 38.0 Å². The van der Waals surface area contributed by atoms with E-state index in [1.54, 1.807) is 6.07 Å². The fourth-order valence-electron chi connectivity index (χ4n) is 3.17. The monoisotopic (exact) mass is 314 g/mol. The van der Waals surface area contributed by atoms with Crippen LogP contribution >= 0.6 is 0 Å². The molecule has 2 aromatic rings. The Labute approximate surface area is 135 Å². The van der Waals surface area contributed by atoms with Crippen LogP contribution in [-0.4, -0.2) is 29.5 Å². The minimum Gasteiger partial charge on any atom is -0.451 e. The molecule has 122 valence electrons. The number of aromatic amines is 1. The first-order valence-corrected chi connectivity index (χ1v) is 8.18. The van der Waals surface area contributed by atoms with Gasteiger partial charge in [0.25, 0.3) is 5.91 Å². The van der Waals surface area contributed by atoms with Crippen LogP contribution in [0.1, 0.15) is 43.1 Å². The van der Waals surface area contributed by atoms with E-state index in [4.69, 9.17) is 4.74 Å². The second-order valence-electron chi connectivity index (χ2n) is 6.28. The Bertz CT molecular complexity index is 674. The lowest BCUT2D eigenvalue weighted by Crippen LogP contribution is -2.42. The van der Waals surface area contributed by atoms with Crippen LogP contribution in [0.15, 0.2) is 30.3 Å². The molecule has 0 bridgehead atoms. The number of benzene rings is 1. The van der Waals surface area contributed by atoms with E-state index in [0.717, 1.165) is 30.2 Å². The highest BCUT2D eigenvalue weighted by molar-refractivity contribution is 5.95. The van der Waals surface area contributed by atoms with Crippen molar-refractivity contribution in [3.63, 3.8) is 0 Å². The summed E-state index contributed by atoms with van der Waals surface area (Å²) in [5.41, 5.74) is 1.24. The Morgan fingerprint density at radius 1 is 1.26 bits per heavy atom. The highest BCUT2D eigenvalue weighted by Crippen LogP contribution is 2.23. The van der Waals surface area contributed by atoms with Gasteiger partial charge < -0.3 is 15.0 Å². The van der Waals surface area contributed by atoms with Gasteiger partial charge in [0.2, 0.25) is 0 Å². The predicted octanol–water partition coefficient (Wildman–Crippen LogP) is 3.02. The number of amides is 1. The first-order chi connectivity index (χ1) is 11.1. The lowest BCUT2D eigenvalue weighted by atomic mass is 9.86. The molecule has 23 heavy (non-hydrogen) atoms. The van der Waals surface area contributed by atoms with Crippen molar-refractivity contribution in [3.05, 3.63) is 36.0 Å². The minimum atomic E-state index is -0.506. The highest BCUT2D eigenvalue weighted by atomic mass is 16.5. The van der Waals surface area contributed by atoms with Crippen LogP contribution in [0.5, 0.6) is 0 Å². The molecule has 0 aliphatic heterocycles. The molecule has 5 heteroatoms. The zero-order valence-corrected chi connectivity index (χ0v) is 13.3. The topological polar surface area (TPSA) is 71.2 Å². The van der Waals surface area contributed by atoms with Gasteiger partial charge in [0.1, 0.15) is 5.69 Å². The third kappa shape index (κ3) is 3.73. The van der Waals surface area contributed by atoms with Crippen LogP contribution in [-0.2, 0) is 9.53 Å². The summed E-state index contributed by atoms with van der Waals surface area (Å²) in [6.07, 6.45) is 4.51. The van der Waals surface area contributed by atoms with Crippen LogP contribution in [0.2, 0.25) is 0 Å². The Morgan fingerprint density at radius 3 is 2.83 bits per heavy atom. The Hall–Kier alpha value is -2.30. The van der Waals surface area contributed by atoms with Gasteiger partial charge in [-0.25, -0.2) is 4.79 Å². The number of carbonyl (C=O) groups excluding carboxylic acids is 2. The molecule has 1 aromatic heterocycles. The summed E-state index contributed by atoms with van der Waals surface area (Å²) in [7, 11) is 0. The summed E-state index contributed by atoms with van der Waals surface area (Å²) in [4.78, 5) is 27.0. The summed E-state index contributed by atoms with van der Waals surface area (Å²) < 4.78 is 5.11. The van der Waals surface area contributed by atoms with Crippen LogP contribution in [0.25, 0.3) is 10.9 Å². The van der Waals surface area contributed by atoms with Crippen LogP contribution in [0.4, 0.5) is 0 Å². The van der Waals surface area contributed by atoms with Gasteiger partial charge in [0.15, 0.2) is 6.61 Å². The fraction of sp³-hybridized carbons (Fsp3) is 0.444. The molecule has 1 amide bonds. The Morgan fingerprint density at radius 2 is 2.04 bits per heavy atom. The molecule has 1 heterocycles. The van der Waals surface area contributed by atoms with Gasteiger partial charge >= 0.3 is 5.97 Å². The number of fused-ring (bicyclic) bond motifs is 1. The van der Waals surface area contributed by atoms with Crippen molar-refractivity contribution in [1.29, 1.82) is 0 Å². The molecule has 1 fully saturated rings. The van der Waals surface area contributed by atoms with E-state index >= 15 is 0 Å². The maximum absolute atomic E-state index is 12.0. The first-order valence-electron chi connectivity index (χ1n) is 8.18. The van der Waals surface area contributed by atoms with E-state index in [-0.39, 0.29) is 18.6 Å². The van der Waals surface area contributed by atoms with Crippen molar-refractivity contribution < 1.29 is 14.3 Å². The number of esters is 1. The third-order valence-electron chi connectivity index (χ3n) is 4.54. The number of ether oxygens (including phenoxy) is 1. The molecule has 1 aromatic carbocycles. The number of H-pyrrole nitrogens is 1. The molecule has 0 unspecified atom stereocenters. The average Bonchev–Trinajstić information content (AvgIpc) is 2.99. The molecule has 1 aliphatic rings. The van der Waals surface area contributed by atoms with Crippen molar-refractivity contribution in [3.8, 4) is 0 Å². The maximum atomic E-state index is 12.0. The van der Waals surface area contributed by atoms with E-state index in [0.29, 0.717) is 11.6 Å². The molecule has 0 radical (unpaired) electrons. The number of aromatic nitrogens is 1. The quantitative estimate of drug-likeness (QED) is 0.852. The Balaban J connectivity index is 1.52. The minimum absolute atomic E-state index is 0.197. The fourth-order valence-corrected chi connectivity index (χ4v) is 3.17. The number of carbonyl (C=O) groups is 2. The zero-order valence-electron chi connectivity index (χ0n) is 13.3. The van der Waals surface area contributed by atoms with Gasteiger partial charge in [-0.3, -0.25) is 4.79 Å². The van der Waals surface area contributed by atoms with Gasteiger partial charge in [-0.15, -0.1) is 0 Å². The standard InChI is InChI=1S/C18H22N2O3/c1-12-6-2-4-8-14(12)20-17(21)11-23-18(22)16-10-13-7-3-5-9-15(13)19-16/h3,5,7,9-10,12,14,19H,2,4,6,8,11H2,1H3,(H,20,21)/t12-,14-/m1/s1. The third-order valence-corrected chi connectivity index (χ3v) is 4.54. The van der Waals surface area contributed by atoms with Crippen molar-refractivity contribution in [2.45, 2.75) is 38.6 Å². The van der Waals surface area contributed by atoms with E-state index in [9.17, 15) is 9.59 Å². The normalized spacial score (nSPS) is 21.1. The summed E-state index contributed by atoms with van der Waals surface area (Å²) >= 11 is 0. The SMILES string of the molecule is C[C@@H]1CCCC[C@H]1NC(=O)COC(=O)c1cc2ccccc2[nH]1. The molecule has 5 nitrogen and oxygen atoms in total. The highest BCUT2D eigenvalue weighted by Gasteiger charge is 2.23. The van der Waals surface area contributed by atoms with Crippen molar-refractivity contribution in [1.82, 2.24) is 10.3 Å². The molecular formula is C18H22N2O3. The van der Waals surface area contributed by atoms with Crippen molar-refractivity contribution in [2.24, 2.45) is 5.92 Å². The number of para-hydroxylation sites is 1. The maximum Gasteiger partial charge on any atom is 0.355 e. The van der Waals surface area contributed by atoms with Crippen molar-refractivity contribution in [2.75, 3.05) is 6.61 Å². The van der Waals surface area contributed by atoms with Gasteiger partial charge in [-0.2, -0.15) is 0 Å². The summed E-state index contributed by atoms with van der Waals surface area (Å²) in [6.45, 7) is 1.91. The molecule has 2 N–H and O–H groups in total. The van der Waals surface area contributed by atoms with Crippen LogP contribution in [0.3, 0.4) is 0 Å². The number of hydrogen-bond acceptors (Lipinski definition) is 3. The van der Waals surface area contributed by atoms with E-state index in [1.165, 1.54) is 6.42 Å². The predicted molar refractivity (Wildman–Crippen MR) is 88.1 cm³/mol. The molecule has 2 atom stereocenters.